The molecule has 0 unspecified atom stereocenters. The SMILES string of the molecule is Cn1c([C@@H](NC(=O)c2ccc3c(c2)NC(=O)CS3)c2ccccc2)nc2ccccc21. The molecule has 1 aliphatic heterocycles. The van der Waals surface area contributed by atoms with Crippen LogP contribution >= 0.6 is 11.8 Å². The zero-order valence-electron chi connectivity index (χ0n) is 16.8. The number of para-hydroxylation sites is 2. The Morgan fingerprint density at radius 2 is 1.87 bits per heavy atom. The molecule has 1 aliphatic rings. The van der Waals surface area contributed by atoms with Crippen molar-refractivity contribution in [2.24, 2.45) is 7.05 Å². The number of carbonyl (C=O) groups is 2. The van der Waals surface area contributed by atoms with Crippen LogP contribution in [0.3, 0.4) is 0 Å². The summed E-state index contributed by atoms with van der Waals surface area (Å²) >= 11 is 1.47. The molecule has 154 valence electrons. The Kier molecular flexibility index (Phi) is 4.95. The number of fused-ring (bicyclic) bond motifs is 2. The lowest BCUT2D eigenvalue weighted by molar-refractivity contribution is -0.113. The molecule has 0 spiro atoms. The van der Waals surface area contributed by atoms with Gasteiger partial charge >= 0.3 is 0 Å². The molecule has 0 radical (unpaired) electrons. The molecule has 0 saturated heterocycles. The predicted molar refractivity (Wildman–Crippen MR) is 122 cm³/mol. The number of amides is 2. The van der Waals surface area contributed by atoms with E-state index in [4.69, 9.17) is 4.98 Å². The smallest absolute Gasteiger partial charge is 0.252 e. The Balaban J connectivity index is 1.52. The van der Waals surface area contributed by atoms with Gasteiger partial charge in [-0.3, -0.25) is 9.59 Å². The van der Waals surface area contributed by atoms with Crippen molar-refractivity contribution in [2.45, 2.75) is 10.9 Å². The first-order valence-electron chi connectivity index (χ1n) is 9.94. The number of rotatable bonds is 4. The van der Waals surface area contributed by atoms with E-state index in [9.17, 15) is 9.59 Å². The van der Waals surface area contributed by atoms with Crippen molar-refractivity contribution in [3.63, 3.8) is 0 Å². The molecule has 0 aliphatic carbocycles. The van der Waals surface area contributed by atoms with E-state index in [0.717, 1.165) is 27.3 Å². The number of anilines is 1. The average molecular weight is 429 g/mol. The van der Waals surface area contributed by atoms with Gasteiger partial charge in [0, 0.05) is 17.5 Å². The summed E-state index contributed by atoms with van der Waals surface area (Å²) in [7, 11) is 1.96. The number of benzene rings is 3. The summed E-state index contributed by atoms with van der Waals surface area (Å²) in [5.74, 6) is 0.856. The third-order valence-electron chi connectivity index (χ3n) is 5.36. The highest BCUT2D eigenvalue weighted by Gasteiger charge is 2.24. The fourth-order valence-corrected chi connectivity index (χ4v) is 4.59. The maximum Gasteiger partial charge on any atom is 0.252 e. The molecule has 4 aromatic rings. The molecule has 2 N–H and O–H groups in total. The van der Waals surface area contributed by atoms with Crippen molar-refractivity contribution >= 4 is 40.3 Å². The van der Waals surface area contributed by atoms with Crippen LogP contribution in [0.15, 0.2) is 77.7 Å². The molecule has 0 bridgehead atoms. The summed E-state index contributed by atoms with van der Waals surface area (Å²) in [6.07, 6.45) is 0. The standard InChI is InChI=1S/C24H20N4O2S/c1-28-19-10-6-5-9-17(19)26-23(28)22(15-7-3-2-4-8-15)27-24(30)16-11-12-20-18(13-16)25-21(29)14-31-20/h2-13,22H,14H2,1H3,(H,25,29)(H,27,30)/t22-/m0/s1. The van der Waals surface area contributed by atoms with Crippen molar-refractivity contribution in [1.82, 2.24) is 14.9 Å². The normalized spacial score (nSPS) is 14.0. The molecule has 0 fully saturated rings. The van der Waals surface area contributed by atoms with Crippen molar-refractivity contribution < 1.29 is 9.59 Å². The second-order valence-electron chi connectivity index (χ2n) is 7.38. The molecule has 1 atom stereocenters. The average Bonchev–Trinajstić information content (AvgIpc) is 3.13. The van der Waals surface area contributed by atoms with Crippen molar-refractivity contribution in [3.05, 3.63) is 89.7 Å². The van der Waals surface area contributed by atoms with E-state index >= 15 is 0 Å². The van der Waals surface area contributed by atoms with Gasteiger partial charge < -0.3 is 15.2 Å². The Labute approximate surface area is 183 Å². The van der Waals surface area contributed by atoms with Crippen molar-refractivity contribution in [3.8, 4) is 0 Å². The molecule has 1 aromatic heterocycles. The molecular formula is C24H20N4O2S. The van der Waals surface area contributed by atoms with E-state index in [0.29, 0.717) is 17.0 Å². The summed E-state index contributed by atoms with van der Waals surface area (Å²) < 4.78 is 2.01. The largest absolute Gasteiger partial charge is 0.338 e. The highest BCUT2D eigenvalue weighted by atomic mass is 32.2. The van der Waals surface area contributed by atoms with E-state index in [1.54, 1.807) is 12.1 Å². The van der Waals surface area contributed by atoms with Crippen LogP contribution in [0, 0.1) is 0 Å². The molecule has 5 rings (SSSR count). The number of carbonyl (C=O) groups excluding carboxylic acids is 2. The zero-order chi connectivity index (χ0) is 21.4. The highest BCUT2D eigenvalue weighted by molar-refractivity contribution is 8.00. The molecule has 6 nitrogen and oxygen atoms in total. The summed E-state index contributed by atoms with van der Waals surface area (Å²) in [4.78, 5) is 30.7. The third kappa shape index (κ3) is 3.68. The van der Waals surface area contributed by atoms with Crippen molar-refractivity contribution in [1.29, 1.82) is 0 Å². The summed E-state index contributed by atoms with van der Waals surface area (Å²) in [5.41, 5.74) is 3.98. The van der Waals surface area contributed by atoms with Gasteiger partial charge in [-0.05, 0) is 35.9 Å². The lowest BCUT2D eigenvalue weighted by Crippen LogP contribution is -2.31. The molecule has 3 aromatic carbocycles. The van der Waals surface area contributed by atoms with E-state index in [1.807, 2.05) is 72.3 Å². The van der Waals surface area contributed by atoms with Gasteiger partial charge in [0.15, 0.2) is 0 Å². The van der Waals surface area contributed by atoms with Crippen LogP contribution in [0.25, 0.3) is 11.0 Å². The lowest BCUT2D eigenvalue weighted by atomic mass is 10.1. The number of hydrogen-bond donors (Lipinski definition) is 2. The first kappa shape index (κ1) is 19.4. The first-order chi connectivity index (χ1) is 15.1. The maximum absolute atomic E-state index is 13.2. The second-order valence-corrected chi connectivity index (χ2v) is 8.40. The number of aryl methyl sites for hydroxylation is 1. The third-order valence-corrected chi connectivity index (χ3v) is 6.44. The van der Waals surface area contributed by atoms with Crippen LogP contribution in [0.1, 0.15) is 27.8 Å². The van der Waals surface area contributed by atoms with Gasteiger partial charge in [0.2, 0.25) is 5.91 Å². The topological polar surface area (TPSA) is 76.0 Å². The number of hydrogen-bond acceptors (Lipinski definition) is 4. The van der Waals surface area contributed by atoms with Crippen molar-refractivity contribution in [2.75, 3.05) is 11.1 Å². The van der Waals surface area contributed by atoms with E-state index in [1.165, 1.54) is 11.8 Å². The molecule has 0 saturated carbocycles. The Bertz CT molecular complexity index is 1300. The van der Waals surface area contributed by atoms with Gasteiger partial charge in [-0.1, -0.05) is 42.5 Å². The molecule has 2 amide bonds. The summed E-state index contributed by atoms with van der Waals surface area (Å²) in [6.45, 7) is 0. The van der Waals surface area contributed by atoms with Crippen LogP contribution in [-0.2, 0) is 11.8 Å². The van der Waals surface area contributed by atoms with Crippen LogP contribution in [0.4, 0.5) is 5.69 Å². The minimum atomic E-state index is -0.425. The van der Waals surface area contributed by atoms with Crippen LogP contribution < -0.4 is 10.6 Å². The maximum atomic E-state index is 13.2. The fourth-order valence-electron chi connectivity index (χ4n) is 3.80. The zero-order valence-corrected chi connectivity index (χ0v) is 17.6. The minimum Gasteiger partial charge on any atom is -0.338 e. The number of imidazole rings is 1. The second kappa shape index (κ2) is 7.92. The van der Waals surface area contributed by atoms with Crippen LogP contribution in [0.5, 0.6) is 0 Å². The predicted octanol–water partition coefficient (Wildman–Crippen LogP) is 4.14. The summed E-state index contributed by atoms with van der Waals surface area (Å²) in [5, 5.41) is 5.99. The van der Waals surface area contributed by atoms with E-state index in [2.05, 4.69) is 10.6 Å². The molecular weight excluding hydrogens is 408 g/mol. The van der Waals surface area contributed by atoms with Crippen LogP contribution in [-0.4, -0.2) is 27.1 Å². The Hall–Kier alpha value is -3.58. The number of nitrogens with zero attached hydrogens (tertiary/aromatic N) is 2. The molecule has 2 heterocycles. The number of nitrogens with one attached hydrogen (secondary N) is 2. The number of aromatic nitrogens is 2. The summed E-state index contributed by atoms with van der Waals surface area (Å²) in [6, 6.07) is 22.7. The van der Waals surface area contributed by atoms with Gasteiger partial charge in [0.05, 0.1) is 22.5 Å². The molecule has 7 heteroatoms. The lowest BCUT2D eigenvalue weighted by Gasteiger charge is -2.21. The monoisotopic (exact) mass is 428 g/mol. The fraction of sp³-hybridized carbons (Fsp3) is 0.125. The Morgan fingerprint density at radius 1 is 1.10 bits per heavy atom. The first-order valence-corrected chi connectivity index (χ1v) is 10.9. The quantitative estimate of drug-likeness (QED) is 0.512. The van der Waals surface area contributed by atoms with E-state index in [-0.39, 0.29) is 11.8 Å². The van der Waals surface area contributed by atoms with Gasteiger partial charge in [0.25, 0.3) is 5.91 Å². The van der Waals surface area contributed by atoms with Gasteiger partial charge in [-0.25, -0.2) is 4.98 Å². The van der Waals surface area contributed by atoms with Crippen LogP contribution in [0.2, 0.25) is 0 Å². The van der Waals surface area contributed by atoms with E-state index < -0.39 is 6.04 Å². The highest BCUT2D eigenvalue weighted by Crippen LogP contribution is 2.32. The van der Waals surface area contributed by atoms with Gasteiger partial charge in [0.1, 0.15) is 11.9 Å². The van der Waals surface area contributed by atoms with Gasteiger partial charge in [-0.2, -0.15) is 0 Å². The number of thioether (sulfide) groups is 1. The minimum absolute atomic E-state index is 0.0584. The Morgan fingerprint density at radius 3 is 2.68 bits per heavy atom. The van der Waals surface area contributed by atoms with Gasteiger partial charge in [-0.15, -0.1) is 11.8 Å². The molecule has 31 heavy (non-hydrogen) atoms.